The lowest BCUT2D eigenvalue weighted by Crippen LogP contribution is -2.46. The molecule has 0 bridgehead atoms. The number of fused-ring (bicyclic) bond motifs is 3. The van der Waals surface area contributed by atoms with E-state index in [4.69, 9.17) is 15.5 Å². The van der Waals surface area contributed by atoms with Gasteiger partial charge in [0.15, 0.2) is 5.65 Å². The van der Waals surface area contributed by atoms with Crippen molar-refractivity contribution < 1.29 is 4.74 Å². The van der Waals surface area contributed by atoms with Crippen molar-refractivity contribution in [1.29, 1.82) is 0 Å². The normalized spacial score (nSPS) is 17.9. The lowest BCUT2D eigenvalue weighted by Gasteiger charge is -2.44. The van der Waals surface area contributed by atoms with E-state index >= 15 is 0 Å². The summed E-state index contributed by atoms with van der Waals surface area (Å²) >= 11 is 1.82. The summed E-state index contributed by atoms with van der Waals surface area (Å²) in [7, 11) is 1.96. The molecule has 1 saturated heterocycles. The molecule has 2 aliphatic heterocycles. The molecule has 0 amide bonds. The summed E-state index contributed by atoms with van der Waals surface area (Å²) in [6.07, 6.45) is 6.35. The minimum Gasteiger partial charge on any atom is -0.384 e. The zero-order valence-electron chi connectivity index (χ0n) is 17.3. The number of hydrogen-bond acceptors (Lipinski definition) is 8. The van der Waals surface area contributed by atoms with Gasteiger partial charge in [-0.3, -0.25) is 0 Å². The van der Waals surface area contributed by atoms with E-state index in [0.29, 0.717) is 5.82 Å². The smallest absolute Gasteiger partial charge is 0.227 e. The third-order valence-corrected chi connectivity index (χ3v) is 7.54. The van der Waals surface area contributed by atoms with Gasteiger partial charge in [0.2, 0.25) is 5.95 Å². The van der Waals surface area contributed by atoms with Crippen molar-refractivity contribution in [1.82, 2.24) is 24.5 Å². The molecule has 0 aliphatic carbocycles. The molecular weight excluding hydrogens is 410 g/mol. The average Bonchev–Trinajstić information content (AvgIpc) is 3.39. The Kier molecular flexibility index (Phi) is 4.22. The molecule has 8 nitrogen and oxygen atoms in total. The Bertz CT molecular complexity index is 1270. The minimum atomic E-state index is -0.240. The summed E-state index contributed by atoms with van der Waals surface area (Å²) in [6.45, 7) is 2.46. The summed E-state index contributed by atoms with van der Waals surface area (Å²) < 4.78 is 8.38. The van der Waals surface area contributed by atoms with Crippen LogP contribution in [0.2, 0.25) is 0 Å². The molecule has 2 N–H and O–H groups in total. The highest BCUT2D eigenvalue weighted by atomic mass is 32.1. The Morgan fingerprint density at radius 1 is 1.16 bits per heavy atom. The SMILES string of the molecule is Cn1cnc2cnc(N3CCC4(CC3)OCCc3sc(-c5cccc(N)n5)cc34)nc21. The fraction of sp³-hybridized carbons (Fsp3) is 0.364. The molecule has 0 saturated carbocycles. The van der Waals surface area contributed by atoms with E-state index < -0.39 is 0 Å². The Morgan fingerprint density at radius 2 is 2.03 bits per heavy atom. The maximum absolute atomic E-state index is 6.45. The number of imidazole rings is 1. The molecule has 1 spiro atoms. The largest absolute Gasteiger partial charge is 0.384 e. The first-order valence-electron chi connectivity index (χ1n) is 10.5. The molecule has 158 valence electrons. The number of nitrogen functional groups attached to an aromatic ring is 1. The van der Waals surface area contributed by atoms with Gasteiger partial charge in [0.1, 0.15) is 11.3 Å². The molecule has 6 heterocycles. The average molecular weight is 434 g/mol. The van der Waals surface area contributed by atoms with Gasteiger partial charge in [0, 0.05) is 31.4 Å². The third kappa shape index (κ3) is 3.07. The second kappa shape index (κ2) is 7.00. The van der Waals surface area contributed by atoms with Crippen molar-refractivity contribution in [2.45, 2.75) is 24.9 Å². The van der Waals surface area contributed by atoms with E-state index in [1.165, 1.54) is 10.4 Å². The monoisotopic (exact) mass is 433 g/mol. The van der Waals surface area contributed by atoms with Gasteiger partial charge >= 0.3 is 0 Å². The second-order valence-corrected chi connectivity index (χ2v) is 9.35. The molecule has 4 aromatic heterocycles. The fourth-order valence-corrected chi connectivity index (χ4v) is 5.88. The summed E-state index contributed by atoms with van der Waals surface area (Å²) in [5.74, 6) is 1.31. The first-order valence-corrected chi connectivity index (χ1v) is 11.3. The van der Waals surface area contributed by atoms with Crippen LogP contribution in [0.5, 0.6) is 0 Å². The Labute approximate surface area is 183 Å². The first kappa shape index (κ1) is 18.7. The lowest BCUT2D eigenvalue weighted by atomic mass is 9.82. The fourth-order valence-electron chi connectivity index (χ4n) is 4.68. The number of aromatic nitrogens is 5. The number of anilines is 2. The molecule has 6 rings (SSSR count). The van der Waals surface area contributed by atoms with Crippen LogP contribution in [0.15, 0.2) is 36.8 Å². The minimum absolute atomic E-state index is 0.240. The third-order valence-electron chi connectivity index (χ3n) is 6.33. The molecule has 2 aliphatic rings. The topological polar surface area (TPSA) is 95.0 Å². The van der Waals surface area contributed by atoms with Crippen LogP contribution in [0.4, 0.5) is 11.8 Å². The Morgan fingerprint density at radius 3 is 2.87 bits per heavy atom. The van der Waals surface area contributed by atoms with Crippen LogP contribution in [0.1, 0.15) is 23.3 Å². The zero-order chi connectivity index (χ0) is 21.0. The predicted molar refractivity (Wildman–Crippen MR) is 121 cm³/mol. The summed E-state index contributed by atoms with van der Waals surface area (Å²) in [4.78, 5) is 23.0. The number of aryl methyl sites for hydroxylation is 1. The molecule has 0 aromatic carbocycles. The molecule has 31 heavy (non-hydrogen) atoms. The van der Waals surface area contributed by atoms with Crippen LogP contribution < -0.4 is 10.6 Å². The molecule has 4 aromatic rings. The van der Waals surface area contributed by atoms with E-state index in [9.17, 15) is 0 Å². The van der Waals surface area contributed by atoms with Gasteiger partial charge in [-0.1, -0.05) is 6.07 Å². The van der Waals surface area contributed by atoms with Crippen LogP contribution in [-0.2, 0) is 23.8 Å². The van der Waals surface area contributed by atoms with E-state index in [2.05, 4.69) is 25.9 Å². The van der Waals surface area contributed by atoms with Gasteiger partial charge in [-0.2, -0.15) is 4.98 Å². The number of ether oxygens (including phenoxy) is 1. The van der Waals surface area contributed by atoms with Gasteiger partial charge in [-0.25, -0.2) is 15.0 Å². The second-order valence-electron chi connectivity index (χ2n) is 8.21. The van der Waals surface area contributed by atoms with Crippen molar-refractivity contribution >= 4 is 34.3 Å². The van der Waals surface area contributed by atoms with E-state index in [0.717, 1.165) is 66.6 Å². The molecule has 0 radical (unpaired) electrons. The Hall–Kier alpha value is -3.04. The van der Waals surface area contributed by atoms with Crippen LogP contribution >= 0.6 is 11.3 Å². The van der Waals surface area contributed by atoms with E-state index in [1.54, 1.807) is 12.5 Å². The predicted octanol–water partition coefficient (Wildman–Crippen LogP) is 3.14. The maximum atomic E-state index is 6.45. The van der Waals surface area contributed by atoms with Crippen molar-refractivity contribution in [3.8, 4) is 10.6 Å². The summed E-state index contributed by atoms with van der Waals surface area (Å²) in [5.41, 5.74) is 9.61. The number of piperidine rings is 1. The van der Waals surface area contributed by atoms with E-state index in [-0.39, 0.29) is 5.60 Å². The first-order chi connectivity index (χ1) is 15.1. The highest BCUT2D eigenvalue weighted by Gasteiger charge is 2.42. The van der Waals surface area contributed by atoms with Crippen LogP contribution in [0, 0.1) is 0 Å². The number of rotatable bonds is 2. The van der Waals surface area contributed by atoms with Gasteiger partial charge < -0.3 is 19.9 Å². The van der Waals surface area contributed by atoms with Crippen molar-refractivity contribution in [3.05, 3.63) is 47.2 Å². The van der Waals surface area contributed by atoms with Gasteiger partial charge in [0.25, 0.3) is 0 Å². The van der Waals surface area contributed by atoms with Gasteiger partial charge in [-0.05, 0) is 36.6 Å². The lowest BCUT2D eigenvalue weighted by molar-refractivity contribution is -0.0757. The number of nitrogens with two attached hydrogens (primary N) is 1. The zero-order valence-corrected chi connectivity index (χ0v) is 18.1. The van der Waals surface area contributed by atoms with E-state index in [1.807, 2.05) is 41.2 Å². The molecule has 0 atom stereocenters. The van der Waals surface area contributed by atoms with Crippen molar-refractivity contribution in [3.63, 3.8) is 0 Å². The number of pyridine rings is 1. The van der Waals surface area contributed by atoms with Gasteiger partial charge in [-0.15, -0.1) is 11.3 Å². The highest BCUT2D eigenvalue weighted by Crippen LogP contribution is 2.46. The van der Waals surface area contributed by atoms with Crippen LogP contribution in [0.3, 0.4) is 0 Å². The van der Waals surface area contributed by atoms with Crippen LogP contribution in [0.25, 0.3) is 21.7 Å². The van der Waals surface area contributed by atoms with Crippen molar-refractivity contribution in [2.24, 2.45) is 7.05 Å². The summed E-state index contributed by atoms with van der Waals surface area (Å²) in [6, 6.07) is 8.08. The Balaban J connectivity index is 1.28. The highest BCUT2D eigenvalue weighted by molar-refractivity contribution is 7.15. The molecular formula is C22H23N7OS. The number of hydrogen-bond donors (Lipinski definition) is 1. The van der Waals surface area contributed by atoms with Crippen molar-refractivity contribution in [2.75, 3.05) is 30.3 Å². The maximum Gasteiger partial charge on any atom is 0.227 e. The standard InChI is InChI=1S/C22H23N7OS/c1-28-13-25-16-12-24-21(27-20(16)28)29-8-6-22(7-9-29)14-11-18(31-17(14)5-10-30-22)15-3-2-4-19(23)26-15/h2-4,11-13H,5-10H2,1H3,(H2,23,26). The molecule has 1 fully saturated rings. The molecule has 9 heteroatoms. The van der Waals surface area contributed by atoms with Gasteiger partial charge in [0.05, 0.1) is 35.3 Å². The molecule has 0 unspecified atom stereocenters. The summed E-state index contributed by atoms with van der Waals surface area (Å²) in [5, 5.41) is 0. The van der Waals surface area contributed by atoms with Crippen LogP contribution in [-0.4, -0.2) is 44.2 Å². The quantitative estimate of drug-likeness (QED) is 0.519. The number of nitrogens with zero attached hydrogens (tertiary/aromatic N) is 6. The number of thiophene rings is 1.